The molecule has 7 heteroatoms. The van der Waals surface area contributed by atoms with Crippen LogP contribution >= 0.6 is 11.3 Å². The lowest BCUT2D eigenvalue weighted by atomic mass is 10.1. The number of thiazole rings is 1. The van der Waals surface area contributed by atoms with Crippen LogP contribution in [0.25, 0.3) is 11.3 Å². The molecule has 0 radical (unpaired) electrons. The number of carbonyl (C=O) groups excluding carboxylic acids is 1. The second-order valence-electron chi connectivity index (χ2n) is 6.82. The van der Waals surface area contributed by atoms with Gasteiger partial charge in [-0.1, -0.05) is 12.1 Å². The van der Waals surface area contributed by atoms with Crippen molar-refractivity contribution >= 4 is 22.4 Å². The quantitative estimate of drug-likeness (QED) is 0.617. The summed E-state index contributed by atoms with van der Waals surface area (Å²) in [6.07, 6.45) is 0.847. The van der Waals surface area contributed by atoms with Crippen LogP contribution in [0, 0.1) is 5.92 Å². The van der Waals surface area contributed by atoms with Crippen molar-refractivity contribution in [2.45, 2.75) is 12.3 Å². The molecule has 29 heavy (non-hydrogen) atoms. The Kier molecular flexibility index (Phi) is 5.40. The molecule has 1 fully saturated rings. The summed E-state index contributed by atoms with van der Waals surface area (Å²) in [7, 11) is 4.88. The molecule has 0 bridgehead atoms. The molecular formula is C22H22N2O4S. The molecule has 6 nitrogen and oxygen atoms in total. The first-order chi connectivity index (χ1) is 14.1. The zero-order valence-corrected chi connectivity index (χ0v) is 17.3. The number of nitrogens with zero attached hydrogens (tertiary/aromatic N) is 1. The Morgan fingerprint density at radius 3 is 2.45 bits per heavy atom. The lowest BCUT2D eigenvalue weighted by molar-refractivity contribution is -0.117. The van der Waals surface area contributed by atoms with Crippen molar-refractivity contribution in [3.8, 4) is 28.5 Å². The number of anilines is 1. The van der Waals surface area contributed by atoms with Crippen LogP contribution in [0.1, 0.15) is 17.9 Å². The van der Waals surface area contributed by atoms with E-state index in [4.69, 9.17) is 14.2 Å². The van der Waals surface area contributed by atoms with E-state index in [1.54, 1.807) is 21.3 Å². The minimum absolute atomic E-state index is 0.00400. The minimum Gasteiger partial charge on any atom is -0.497 e. The van der Waals surface area contributed by atoms with Crippen LogP contribution in [0.2, 0.25) is 0 Å². The second kappa shape index (κ2) is 8.13. The number of aromatic nitrogens is 1. The number of methoxy groups -OCH3 is 3. The Balaban J connectivity index is 1.44. The summed E-state index contributed by atoms with van der Waals surface area (Å²) in [6, 6.07) is 13.5. The van der Waals surface area contributed by atoms with Gasteiger partial charge in [-0.3, -0.25) is 4.79 Å². The molecule has 1 N–H and O–H groups in total. The Labute approximate surface area is 173 Å². The molecule has 1 heterocycles. The lowest BCUT2D eigenvalue weighted by Gasteiger charge is -2.08. The van der Waals surface area contributed by atoms with Crippen LogP contribution in [-0.4, -0.2) is 32.2 Å². The zero-order valence-electron chi connectivity index (χ0n) is 16.5. The molecule has 0 spiro atoms. The zero-order chi connectivity index (χ0) is 20.4. The maximum absolute atomic E-state index is 12.6. The number of carbonyl (C=O) groups is 1. The van der Waals surface area contributed by atoms with Crippen LogP contribution in [0.3, 0.4) is 0 Å². The number of nitrogens with one attached hydrogen (secondary N) is 1. The highest BCUT2D eigenvalue weighted by Gasteiger charge is 2.44. The second-order valence-corrected chi connectivity index (χ2v) is 7.67. The first kappa shape index (κ1) is 19.3. The molecule has 1 aliphatic carbocycles. The Morgan fingerprint density at radius 1 is 1.03 bits per heavy atom. The van der Waals surface area contributed by atoms with Crippen molar-refractivity contribution in [2.75, 3.05) is 26.6 Å². The highest BCUT2D eigenvalue weighted by molar-refractivity contribution is 7.14. The van der Waals surface area contributed by atoms with Gasteiger partial charge in [0.05, 0.1) is 27.0 Å². The predicted molar refractivity (Wildman–Crippen MR) is 113 cm³/mol. The average Bonchev–Trinajstić information content (AvgIpc) is 3.45. The highest BCUT2D eigenvalue weighted by atomic mass is 32.1. The standard InChI is InChI=1S/C22H22N2O4S/c1-26-14-6-4-13(5-7-14)16-11-17(16)21(25)24-22-23-19(12-29-22)18-10-15(27-2)8-9-20(18)28-3/h4-10,12,16-17H,11H2,1-3H3,(H,23,24,25). The summed E-state index contributed by atoms with van der Waals surface area (Å²) in [6.45, 7) is 0. The van der Waals surface area contributed by atoms with E-state index in [9.17, 15) is 4.79 Å². The van der Waals surface area contributed by atoms with Gasteiger partial charge in [-0.05, 0) is 48.2 Å². The molecule has 1 aromatic heterocycles. The van der Waals surface area contributed by atoms with Gasteiger partial charge in [0.1, 0.15) is 17.2 Å². The predicted octanol–water partition coefficient (Wildman–Crippen LogP) is 4.58. The maximum atomic E-state index is 12.6. The van der Waals surface area contributed by atoms with Gasteiger partial charge in [-0.15, -0.1) is 11.3 Å². The van der Waals surface area contributed by atoms with E-state index >= 15 is 0 Å². The smallest absolute Gasteiger partial charge is 0.229 e. The number of hydrogen-bond donors (Lipinski definition) is 1. The van der Waals surface area contributed by atoms with Gasteiger partial charge in [0.25, 0.3) is 0 Å². The summed E-state index contributed by atoms with van der Waals surface area (Å²) >= 11 is 1.40. The lowest BCUT2D eigenvalue weighted by Crippen LogP contribution is -2.14. The van der Waals surface area contributed by atoms with E-state index < -0.39 is 0 Å². The van der Waals surface area contributed by atoms with E-state index in [1.165, 1.54) is 11.3 Å². The number of benzene rings is 2. The van der Waals surface area contributed by atoms with Gasteiger partial charge in [-0.25, -0.2) is 4.98 Å². The summed E-state index contributed by atoms with van der Waals surface area (Å²) in [4.78, 5) is 17.2. The summed E-state index contributed by atoms with van der Waals surface area (Å²) in [5.74, 6) is 2.47. The summed E-state index contributed by atoms with van der Waals surface area (Å²) < 4.78 is 15.9. The fourth-order valence-corrected chi connectivity index (χ4v) is 4.08. The number of ether oxygens (including phenoxy) is 3. The van der Waals surface area contributed by atoms with Gasteiger partial charge in [-0.2, -0.15) is 0 Å². The van der Waals surface area contributed by atoms with Crippen LogP contribution in [0.15, 0.2) is 47.8 Å². The fourth-order valence-electron chi connectivity index (χ4n) is 3.37. The van der Waals surface area contributed by atoms with Crippen LogP contribution in [0.4, 0.5) is 5.13 Å². The monoisotopic (exact) mass is 410 g/mol. The molecular weight excluding hydrogens is 388 g/mol. The van der Waals surface area contributed by atoms with Crippen LogP contribution in [0.5, 0.6) is 17.2 Å². The van der Waals surface area contributed by atoms with Gasteiger partial charge in [0, 0.05) is 16.9 Å². The topological polar surface area (TPSA) is 69.7 Å². The third-order valence-electron chi connectivity index (χ3n) is 5.09. The third-order valence-corrected chi connectivity index (χ3v) is 5.85. The summed E-state index contributed by atoms with van der Waals surface area (Å²) in [5.41, 5.74) is 2.72. The third kappa shape index (κ3) is 4.05. The van der Waals surface area contributed by atoms with Gasteiger partial charge in [0.2, 0.25) is 5.91 Å². The number of hydrogen-bond acceptors (Lipinski definition) is 6. The van der Waals surface area contributed by atoms with Gasteiger partial charge in [0.15, 0.2) is 5.13 Å². The molecule has 1 amide bonds. The van der Waals surface area contributed by atoms with Crippen LogP contribution < -0.4 is 19.5 Å². The molecule has 2 unspecified atom stereocenters. The first-order valence-corrected chi connectivity index (χ1v) is 10.1. The van der Waals surface area contributed by atoms with E-state index in [2.05, 4.69) is 10.3 Å². The minimum atomic E-state index is -0.0258. The van der Waals surface area contributed by atoms with E-state index in [0.29, 0.717) is 10.9 Å². The van der Waals surface area contributed by atoms with Crippen molar-refractivity contribution in [2.24, 2.45) is 5.92 Å². The molecule has 150 valence electrons. The largest absolute Gasteiger partial charge is 0.497 e. The average molecular weight is 410 g/mol. The van der Waals surface area contributed by atoms with Crippen LogP contribution in [-0.2, 0) is 4.79 Å². The van der Waals surface area contributed by atoms with E-state index in [1.807, 2.05) is 47.8 Å². The Bertz CT molecular complexity index is 1020. The Hall–Kier alpha value is -3.06. The van der Waals surface area contributed by atoms with E-state index in [-0.39, 0.29) is 17.7 Å². The van der Waals surface area contributed by atoms with Crippen molar-refractivity contribution in [3.63, 3.8) is 0 Å². The van der Waals surface area contributed by atoms with Crippen molar-refractivity contribution in [1.29, 1.82) is 0 Å². The molecule has 2 aromatic carbocycles. The molecule has 0 saturated heterocycles. The number of rotatable bonds is 7. The molecule has 4 rings (SSSR count). The van der Waals surface area contributed by atoms with Gasteiger partial charge < -0.3 is 19.5 Å². The van der Waals surface area contributed by atoms with Gasteiger partial charge >= 0.3 is 0 Å². The fraction of sp³-hybridized carbons (Fsp3) is 0.273. The van der Waals surface area contributed by atoms with E-state index in [0.717, 1.165) is 34.7 Å². The van der Waals surface area contributed by atoms with Crippen molar-refractivity contribution in [3.05, 3.63) is 53.4 Å². The SMILES string of the molecule is COc1ccc(C2CC2C(=O)Nc2nc(-c3cc(OC)ccc3OC)cs2)cc1. The highest BCUT2D eigenvalue weighted by Crippen LogP contribution is 2.48. The normalized spacial score (nSPS) is 17.5. The molecule has 1 saturated carbocycles. The molecule has 1 aliphatic rings. The first-order valence-electron chi connectivity index (χ1n) is 9.25. The molecule has 3 aromatic rings. The maximum Gasteiger partial charge on any atom is 0.229 e. The molecule has 2 atom stereocenters. The molecule has 0 aliphatic heterocycles. The van der Waals surface area contributed by atoms with Crippen molar-refractivity contribution in [1.82, 2.24) is 4.98 Å². The van der Waals surface area contributed by atoms with Crippen molar-refractivity contribution < 1.29 is 19.0 Å². The Morgan fingerprint density at radius 2 is 1.76 bits per heavy atom. The number of amides is 1. The summed E-state index contributed by atoms with van der Waals surface area (Å²) in [5, 5.41) is 5.44.